The molecule has 0 aromatic heterocycles. The highest BCUT2D eigenvalue weighted by Gasteiger charge is 2.28. The smallest absolute Gasteiger partial charge is 0.255 e. The number of rotatable bonds is 6. The second-order valence-electron chi connectivity index (χ2n) is 4.76. The first kappa shape index (κ1) is 13.8. The molecule has 0 heterocycles. The standard InChI is InChI=1S/C14H19FN2O2/c1-2-19-13-10(4-3-5-11(13)15)14(18)17-8-12(16)9-6-7-9/h3-5,9,12H,2,6-8,16H2,1H3,(H,17,18). The minimum atomic E-state index is -0.527. The number of benzene rings is 1. The molecule has 104 valence electrons. The second-order valence-corrected chi connectivity index (χ2v) is 4.76. The largest absolute Gasteiger partial charge is 0.490 e. The molecule has 5 heteroatoms. The Balaban J connectivity index is 2.03. The molecular weight excluding hydrogens is 247 g/mol. The summed E-state index contributed by atoms with van der Waals surface area (Å²) in [6, 6.07) is 4.30. The van der Waals surface area contributed by atoms with Gasteiger partial charge in [-0.05, 0) is 37.8 Å². The van der Waals surface area contributed by atoms with E-state index >= 15 is 0 Å². The Labute approximate surface area is 112 Å². The third-order valence-corrected chi connectivity index (χ3v) is 3.23. The van der Waals surface area contributed by atoms with Crippen LogP contribution in [0.1, 0.15) is 30.1 Å². The summed E-state index contributed by atoms with van der Waals surface area (Å²) in [6.45, 7) is 2.46. The van der Waals surface area contributed by atoms with Gasteiger partial charge in [-0.25, -0.2) is 4.39 Å². The van der Waals surface area contributed by atoms with Crippen LogP contribution in [0.5, 0.6) is 5.75 Å². The van der Waals surface area contributed by atoms with Crippen LogP contribution < -0.4 is 15.8 Å². The van der Waals surface area contributed by atoms with Crippen LogP contribution in [0.4, 0.5) is 4.39 Å². The summed E-state index contributed by atoms with van der Waals surface area (Å²) >= 11 is 0. The van der Waals surface area contributed by atoms with E-state index in [1.54, 1.807) is 13.0 Å². The molecule has 1 unspecified atom stereocenters. The molecule has 1 aromatic carbocycles. The van der Waals surface area contributed by atoms with Gasteiger partial charge in [0, 0.05) is 12.6 Å². The maximum atomic E-state index is 13.6. The summed E-state index contributed by atoms with van der Waals surface area (Å²) in [5.41, 5.74) is 6.12. The number of hydrogen-bond acceptors (Lipinski definition) is 3. The van der Waals surface area contributed by atoms with Crippen molar-refractivity contribution >= 4 is 5.91 Å². The number of hydrogen-bond donors (Lipinski definition) is 2. The summed E-state index contributed by atoms with van der Waals surface area (Å²) in [5, 5.41) is 2.74. The van der Waals surface area contributed by atoms with E-state index in [1.807, 2.05) is 0 Å². The van der Waals surface area contributed by atoms with Crippen LogP contribution in [0, 0.1) is 11.7 Å². The average Bonchev–Trinajstić information content (AvgIpc) is 3.22. The molecule has 0 spiro atoms. The van der Waals surface area contributed by atoms with Gasteiger partial charge in [-0.15, -0.1) is 0 Å². The normalized spacial score (nSPS) is 15.9. The number of carbonyl (C=O) groups excluding carboxylic acids is 1. The van der Waals surface area contributed by atoms with Crippen LogP contribution in [0.2, 0.25) is 0 Å². The SMILES string of the molecule is CCOc1c(F)cccc1C(=O)NCC(N)C1CC1. The molecule has 4 nitrogen and oxygen atoms in total. The van der Waals surface area contributed by atoms with Gasteiger partial charge in [0.25, 0.3) is 5.91 Å². The molecule has 0 aliphatic heterocycles. The van der Waals surface area contributed by atoms with Gasteiger partial charge in [-0.1, -0.05) is 6.07 Å². The van der Waals surface area contributed by atoms with E-state index in [0.29, 0.717) is 19.1 Å². The average molecular weight is 266 g/mol. The molecule has 3 N–H and O–H groups in total. The number of para-hydroxylation sites is 1. The Morgan fingerprint density at radius 2 is 2.32 bits per heavy atom. The van der Waals surface area contributed by atoms with Crippen molar-refractivity contribution in [1.82, 2.24) is 5.32 Å². The first-order chi connectivity index (χ1) is 9.13. The quantitative estimate of drug-likeness (QED) is 0.823. The van der Waals surface area contributed by atoms with Crippen molar-refractivity contribution in [1.29, 1.82) is 0 Å². The number of ether oxygens (including phenoxy) is 1. The first-order valence-corrected chi connectivity index (χ1v) is 6.58. The van der Waals surface area contributed by atoms with Gasteiger partial charge in [-0.3, -0.25) is 4.79 Å². The zero-order chi connectivity index (χ0) is 13.8. The zero-order valence-corrected chi connectivity index (χ0v) is 11.0. The highest BCUT2D eigenvalue weighted by molar-refractivity contribution is 5.97. The van der Waals surface area contributed by atoms with E-state index in [1.165, 1.54) is 12.1 Å². The van der Waals surface area contributed by atoms with Crippen molar-refractivity contribution in [2.24, 2.45) is 11.7 Å². The molecule has 1 aliphatic carbocycles. The molecule has 2 rings (SSSR count). The van der Waals surface area contributed by atoms with Crippen molar-refractivity contribution in [3.05, 3.63) is 29.6 Å². The van der Waals surface area contributed by atoms with Crippen molar-refractivity contribution in [2.45, 2.75) is 25.8 Å². The summed E-state index contributed by atoms with van der Waals surface area (Å²) in [7, 11) is 0. The fourth-order valence-corrected chi connectivity index (χ4v) is 1.98. The molecule has 1 fully saturated rings. The Kier molecular flexibility index (Phi) is 4.37. The predicted molar refractivity (Wildman–Crippen MR) is 70.6 cm³/mol. The highest BCUT2D eigenvalue weighted by atomic mass is 19.1. The molecule has 19 heavy (non-hydrogen) atoms. The maximum Gasteiger partial charge on any atom is 0.255 e. The molecule has 1 aliphatic rings. The molecule has 1 aromatic rings. The van der Waals surface area contributed by atoms with E-state index in [0.717, 1.165) is 12.8 Å². The van der Waals surface area contributed by atoms with Gasteiger partial charge in [0.05, 0.1) is 12.2 Å². The molecule has 0 radical (unpaired) electrons. The van der Waals surface area contributed by atoms with Crippen molar-refractivity contribution in [3.8, 4) is 5.75 Å². The number of carbonyl (C=O) groups is 1. The molecule has 1 saturated carbocycles. The summed E-state index contributed by atoms with van der Waals surface area (Å²) in [4.78, 5) is 12.0. The number of amides is 1. The van der Waals surface area contributed by atoms with Gasteiger partial charge in [0.15, 0.2) is 11.6 Å². The van der Waals surface area contributed by atoms with Gasteiger partial charge in [-0.2, -0.15) is 0 Å². The fourth-order valence-electron chi connectivity index (χ4n) is 1.98. The topological polar surface area (TPSA) is 64.3 Å². The molecular formula is C14H19FN2O2. The fraction of sp³-hybridized carbons (Fsp3) is 0.500. The Hall–Kier alpha value is -1.62. The number of nitrogens with one attached hydrogen (secondary N) is 1. The number of nitrogens with two attached hydrogens (primary N) is 1. The van der Waals surface area contributed by atoms with E-state index in [4.69, 9.17) is 10.5 Å². The molecule has 1 atom stereocenters. The zero-order valence-electron chi connectivity index (χ0n) is 11.0. The van der Waals surface area contributed by atoms with Crippen molar-refractivity contribution in [2.75, 3.05) is 13.2 Å². The predicted octanol–water partition coefficient (Wildman–Crippen LogP) is 1.69. The molecule has 0 saturated heterocycles. The third kappa shape index (κ3) is 3.44. The lowest BCUT2D eigenvalue weighted by atomic mass is 10.1. The Morgan fingerprint density at radius 1 is 1.58 bits per heavy atom. The maximum absolute atomic E-state index is 13.6. The minimum absolute atomic E-state index is 0.00231. The monoisotopic (exact) mass is 266 g/mol. The van der Waals surface area contributed by atoms with E-state index in [9.17, 15) is 9.18 Å². The van der Waals surface area contributed by atoms with Crippen LogP contribution in [-0.4, -0.2) is 25.1 Å². The van der Waals surface area contributed by atoms with Crippen LogP contribution in [0.3, 0.4) is 0 Å². The lowest BCUT2D eigenvalue weighted by molar-refractivity contribution is 0.0945. The second kappa shape index (κ2) is 6.02. The lowest BCUT2D eigenvalue weighted by Gasteiger charge is -2.14. The van der Waals surface area contributed by atoms with E-state index in [2.05, 4.69) is 5.32 Å². The summed E-state index contributed by atoms with van der Waals surface area (Å²) < 4.78 is 18.8. The van der Waals surface area contributed by atoms with Crippen LogP contribution in [0.15, 0.2) is 18.2 Å². The van der Waals surface area contributed by atoms with Crippen molar-refractivity contribution < 1.29 is 13.9 Å². The van der Waals surface area contributed by atoms with Gasteiger partial charge >= 0.3 is 0 Å². The van der Waals surface area contributed by atoms with Gasteiger partial charge < -0.3 is 15.8 Å². The van der Waals surface area contributed by atoms with Crippen LogP contribution >= 0.6 is 0 Å². The Bertz CT molecular complexity index is 461. The van der Waals surface area contributed by atoms with Gasteiger partial charge in [0.2, 0.25) is 0 Å². The number of halogens is 1. The summed E-state index contributed by atoms with van der Waals surface area (Å²) in [5.74, 6) is -0.360. The van der Waals surface area contributed by atoms with Crippen LogP contribution in [0.25, 0.3) is 0 Å². The third-order valence-electron chi connectivity index (χ3n) is 3.23. The molecule has 0 bridgehead atoms. The van der Waals surface area contributed by atoms with E-state index < -0.39 is 5.82 Å². The van der Waals surface area contributed by atoms with Gasteiger partial charge in [0.1, 0.15) is 0 Å². The first-order valence-electron chi connectivity index (χ1n) is 6.58. The van der Waals surface area contributed by atoms with Crippen LogP contribution in [-0.2, 0) is 0 Å². The van der Waals surface area contributed by atoms with Crippen molar-refractivity contribution in [3.63, 3.8) is 0 Å². The minimum Gasteiger partial charge on any atom is -0.490 e. The molecule has 1 amide bonds. The summed E-state index contributed by atoms with van der Waals surface area (Å²) in [6.07, 6.45) is 2.25. The van der Waals surface area contributed by atoms with E-state index in [-0.39, 0.29) is 23.3 Å². The highest BCUT2D eigenvalue weighted by Crippen LogP contribution is 2.31. The Morgan fingerprint density at radius 3 is 2.95 bits per heavy atom. The lowest BCUT2D eigenvalue weighted by Crippen LogP contribution is -2.38.